The van der Waals surface area contributed by atoms with Gasteiger partial charge in [0.1, 0.15) is 5.84 Å². The Morgan fingerprint density at radius 3 is 2.22 bits per heavy atom. The summed E-state index contributed by atoms with van der Waals surface area (Å²) in [6.07, 6.45) is -5.81. The van der Waals surface area contributed by atoms with E-state index in [-0.39, 0.29) is 12.3 Å². The maximum atomic E-state index is 11.9. The number of halogens is 3. The SMILES string of the molecule is CCC(C)(NS(=O)(=O)CCCC(F)(F)F)C(=N)N. The molecule has 4 N–H and O–H groups in total. The van der Waals surface area contributed by atoms with Crippen LogP contribution in [0.15, 0.2) is 0 Å². The highest BCUT2D eigenvalue weighted by Gasteiger charge is 2.32. The largest absolute Gasteiger partial charge is 0.389 e. The van der Waals surface area contributed by atoms with Gasteiger partial charge in [-0.25, -0.2) is 13.1 Å². The van der Waals surface area contributed by atoms with E-state index < -0.39 is 40.3 Å². The van der Waals surface area contributed by atoms with Gasteiger partial charge in [-0.2, -0.15) is 13.2 Å². The number of sulfonamides is 1. The highest BCUT2D eigenvalue weighted by molar-refractivity contribution is 7.89. The predicted molar refractivity (Wildman–Crippen MR) is 62.8 cm³/mol. The standard InChI is InChI=1S/C9H18F3N3O2S/c1-3-8(2,7(13)14)15-18(16,17)6-4-5-9(10,11)12/h15H,3-6H2,1-2H3,(H3,13,14). The Hall–Kier alpha value is -0.830. The molecule has 0 amide bonds. The molecule has 0 aliphatic carbocycles. The van der Waals surface area contributed by atoms with Crippen LogP contribution in [0.25, 0.3) is 0 Å². The monoisotopic (exact) mass is 289 g/mol. The summed E-state index contributed by atoms with van der Waals surface area (Å²) >= 11 is 0. The number of alkyl halides is 3. The van der Waals surface area contributed by atoms with Gasteiger partial charge >= 0.3 is 6.18 Å². The Balaban J connectivity index is 4.53. The van der Waals surface area contributed by atoms with Crippen molar-refractivity contribution in [1.82, 2.24) is 4.72 Å². The summed E-state index contributed by atoms with van der Waals surface area (Å²) in [5.41, 5.74) is 4.01. The molecule has 0 rings (SSSR count). The van der Waals surface area contributed by atoms with Crippen LogP contribution in [0.4, 0.5) is 13.2 Å². The smallest absolute Gasteiger partial charge is 0.386 e. The van der Waals surface area contributed by atoms with Gasteiger partial charge in [0.25, 0.3) is 0 Å². The van der Waals surface area contributed by atoms with Crippen molar-refractivity contribution in [2.24, 2.45) is 5.73 Å². The van der Waals surface area contributed by atoms with Crippen molar-refractivity contribution in [3.63, 3.8) is 0 Å². The first-order valence-electron chi connectivity index (χ1n) is 5.35. The lowest BCUT2D eigenvalue weighted by Gasteiger charge is -2.27. The minimum absolute atomic E-state index is 0.237. The van der Waals surface area contributed by atoms with E-state index in [9.17, 15) is 21.6 Å². The maximum Gasteiger partial charge on any atom is 0.389 e. The Bertz CT molecular complexity index is 394. The number of rotatable bonds is 7. The number of amidine groups is 1. The zero-order valence-corrected chi connectivity index (χ0v) is 11.1. The first-order chi connectivity index (χ1) is 7.92. The summed E-state index contributed by atoms with van der Waals surface area (Å²) in [7, 11) is -3.89. The van der Waals surface area contributed by atoms with E-state index in [2.05, 4.69) is 4.72 Å². The minimum atomic E-state index is -4.37. The van der Waals surface area contributed by atoms with Crippen LogP contribution in [-0.4, -0.2) is 31.7 Å². The summed E-state index contributed by atoms with van der Waals surface area (Å²) in [6.45, 7) is 3.04. The van der Waals surface area contributed by atoms with Crippen LogP contribution < -0.4 is 10.5 Å². The number of nitrogens with one attached hydrogen (secondary N) is 2. The van der Waals surface area contributed by atoms with Gasteiger partial charge in [0.15, 0.2) is 0 Å². The van der Waals surface area contributed by atoms with Crippen LogP contribution in [0.5, 0.6) is 0 Å². The molecule has 0 saturated carbocycles. The maximum absolute atomic E-state index is 11.9. The van der Waals surface area contributed by atoms with E-state index in [0.29, 0.717) is 0 Å². The van der Waals surface area contributed by atoms with Gasteiger partial charge < -0.3 is 5.73 Å². The van der Waals surface area contributed by atoms with Crippen molar-refractivity contribution in [2.75, 3.05) is 5.75 Å². The zero-order valence-electron chi connectivity index (χ0n) is 10.3. The molecule has 9 heteroatoms. The van der Waals surface area contributed by atoms with Gasteiger partial charge in [0.05, 0.1) is 11.3 Å². The lowest BCUT2D eigenvalue weighted by Crippen LogP contribution is -2.55. The van der Waals surface area contributed by atoms with Gasteiger partial charge in [0.2, 0.25) is 10.0 Å². The fourth-order valence-electron chi connectivity index (χ4n) is 1.17. The predicted octanol–water partition coefficient (Wildman–Crippen LogP) is 1.35. The van der Waals surface area contributed by atoms with Crippen LogP contribution in [0.3, 0.4) is 0 Å². The molecule has 108 valence electrons. The minimum Gasteiger partial charge on any atom is -0.386 e. The lowest BCUT2D eigenvalue weighted by molar-refractivity contribution is -0.134. The van der Waals surface area contributed by atoms with E-state index in [1.54, 1.807) is 6.92 Å². The van der Waals surface area contributed by atoms with Crippen LogP contribution in [-0.2, 0) is 10.0 Å². The van der Waals surface area contributed by atoms with Crippen molar-refractivity contribution < 1.29 is 21.6 Å². The molecule has 0 fully saturated rings. The van der Waals surface area contributed by atoms with Crippen molar-refractivity contribution in [3.8, 4) is 0 Å². The average Bonchev–Trinajstić information content (AvgIpc) is 2.13. The molecule has 0 aromatic heterocycles. The molecular formula is C9H18F3N3O2S. The van der Waals surface area contributed by atoms with E-state index in [1.807, 2.05) is 0 Å². The van der Waals surface area contributed by atoms with Crippen LogP contribution in [0.1, 0.15) is 33.1 Å². The van der Waals surface area contributed by atoms with Crippen molar-refractivity contribution >= 4 is 15.9 Å². The van der Waals surface area contributed by atoms with E-state index in [4.69, 9.17) is 11.1 Å². The van der Waals surface area contributed by atoms with Crippen molar-refractivity contribution in [3.05, 3.63) is 0 Å². The molecule has 1 unspecified atom stereocenters. The molecular weight excluding hydrogens is 271 g/mol. The fourth-order valence-corrected chi connectivity index (χ4v) is 2.74. The third kappa shape index (κ3) is 6.20. The van der Waals surface area contributed by atoms with Gasteiger partial charge in [-0.3, -0.25) is 5.41 Å². The molecule has 0 saturated heterocycles. The number of hydrogen-bond acceptors (Lipinski definition) is 3. The van der Waals surface area contributed by atoms with Crippen LogP contribution in [0, 0.1) is 5.41 Å². The lowest BCUT2D eigenvalue weighted by atomic mass is 10.00. The molecule has 0 radical (unpaired) electrons. The number of hydrogen-bond donors (Lipinski definition) is 3. The first kappa shape index (κ1) is 17.2. The van der Waals surface area contributed by atoms with E-state index >= 15 is 0 Å². The highest BCUT2D eigenvalue weighted by Crippen LogP contribution is 2.21. The fraction of sp³-hybridized carbons (Fsp3) is 0.889. The Morgan fingerprint density at radius 1 is 1.39 bits per heavy atom. The normalized spacial score (nSPS) is 16.3. The Morgan fingerprint density at radius 2 is 1.89 bits per heavy atom. The van der Waals surface area contributed by atoms with E-state index in [1.165, 1.54) is 6.92 Å². The molecule has 18 heavy (non-hydrogen) atoms. The average molecular weight is 289 g/mol. The molecule has 0 aromatic rings. The third-order valence-corrected chi connectivity index (χ3v) is 4.14. The second-order valence-corrected chi connectivity index (χ2v) is 6.08. The quantitative estimate of drug-likeness (QED) is 0.487. The summed E-state index contributed by atoms with van der Waals surface area (Å²) < 4.78 is 61.0. The highest BCUT2D eigenvalue weighted by atomic mass is 32.2. The molecule has 1 atom stereocenters. The summed E-state index contributed by atoms with van der Waals surface area (Å²) in [6, 6.07) is 0. The molecule has 5 nitrogen and oxygen atoms in total. The van der Waals surface area contributed by atoms with Crippen LogP contribution >= 0.6 is 0 Å². The molecule has 0 bridgehead atoms. The van der Waals surface area contributed by atoms with Gasteiger partial charge in [-0.15, -0.1) is 0 Å². The van der Waals surface area contributed by atoms with Gasteiger partial charge in [-0.1, -0.05) is 6.92 Å². The molecule has 0 heterocycles. The summed E-state index contributed by atoms with van der Waals surface area (Å²) in [4.78, 5) is 0. The topological polar surface area (TPSA) is 96.0 Å². The van der Waals surface area contributed by atoms with Crippen molar-refractivity contribution in [1.29, 1.82) is 5.41 Å². The second kappa shape index (κ2) is 5.87. The van der Waals surface area contributed by atoms with E-state index in [0.717, 1.165) is 0 Å². The summed E-state index contributed by atoms with van der Waals surface area (Å²) in [5.74, 6) is -1.01. The summed E-state index contributed by atoms with van der Waals surface area (Å²) in [5, 5.41) is 7.28. The first-order valence-corrected chi connectivity index (χ1v) is 7.00. The molecule has 0 aliphatic rings. The van der Waals surface area contributed by atoms with Crippen LogP contribution in [0.2, 0.25) is 0 Å². The second-order valence-electron chi connectivity index (χ2n) is 4.24. The Kier molecular flexibility index (Phi) is 5.60. The van der Waals surface area contributed by atoms with Gasteiger partial charge in [-0.05, 0) is 19.8 Å². The third-order valence-electron chi connectivity index (χ3n) is 2.56. The number of nitrogens with two attached hydrogens (primary N) is 1. The molecule has 0 aromatic carbocycles. The molecule has 0 aliphatic heterocycles. The van der Waals surface area contributed by atoms with Gasteiger partial charge in [0, 0.05) is 6.42 Å². The zero-order chi connectivity index (χ0) is 14.6. The van der Waals surface area contributed by atoms with Crippen molar-refractivity contribution in [2.45, 2.75) is 44.8 Å². The Labute approximate surface area is 104 Å². The molecule has 0 spiro atoms.